The fraction of sp³-hybridized carbons (Fsp3) is 0.452. The number of rotatable bonds is 4. The Morgan fingerprint density at radius 2 is 1.67 bits per heavy atom. The maximum Gasteiger partial charge on any atom is 0.278 e. The van der Waals surface area contributed by atoms with Gasteiger partial charge < -0.3 is 29.7 Å². The number of carbonyl (C=O) groups excluding carboxylic acids is 1. The van der Waals surface area contributed by atoms with Gasteiger partial charge in [0.05, 0.1) is 48.9 Å². The molecule has 0 aliphatic carbocycles. The Bertz CT molecular complexity index is 1560. The maximum absolute atomic E-state index is 13.8. The lowest BCUT2D eigenvalue weighted by molar-refractivity contribution is 0.0335. The van der Waals surface area contributed by atoms with E-state index in [1.54, 1.807) is 36.4 Å². The molecule has 2 aromatic carbocycles. The quantitative estimate of drug-likeness (QED) is 0.304. The van der Waals surface area contributed by atoms with Crippen molar-refractivity contribution >= 4 is 35.8 Å². The molecule has 0 atom stereocenters. The third-order valence-electron chi connectivity index (χ3n) is 7.89. The predicted octanol–water partition coefficient (Wildman–Crippen LogP) is 4.42. The van der Waals surface area contributed by atoms with Crippen LogP contribution in [0.5, 0.6) is 5.75 Å². The molecule has 0 spiro atoms. The zero-order valence-electron chi connectivity index (χ0n) is 26.5. The van der Waals surface area contributed by atoms with Gasteiger partial charge in [-0.1, -0.05) is 45.0 Å². The molecule has 1 aromatic heterocycles. The fourth-order valence-corrected chi connectivity index (χ4v) is 6.64. The zero-order chi connectivity index (χ0) is 32.7. The Labute approximate surface area is 266 Å². The number of para-hydroxylation sites is 2. The summed E-state index contributed by atoms with van der Waals surface area (Å²) in [5.74, 6) is -0.150. The summed E-state index contributed by atoms with van der Waals surface area (Å²) < 4.78 is 52.5. The van der Waals surface area contributed by atoms with Gasteiger partial charge in [-0.2, -0.15) is 4.31 Å². The molecular weight excluding hydrogens is 615 g/mol. The highest BCUT2D eigenvalue weighted by Crippen LogP contribution is 2.36. The molecule has 0 unspecified atom stereocenters. The first-order valence-electron chi connectivity index (χ1n) is 14.9. The van der Waals surface area contributed by atoms with Gasteiger partial charge in [0.25, 0.3) is 5.91 Å². The number of hydrogen-bond acceptors (Lipinski definition) is 10. The molecular formula is C31H43N5O7SSi. The van der Waals surface area contributed by atoms with Crippen LogP contribution in [0.15, 0.2) is 59.6 Å². The summed E-state index contributed by atoms with van der Waals surface area (Å²) in [5, 5.41) is 2.79. The lowest BCUT2D eigenvalue weighted by Crippen LogP contribution is -2.44. The molecule has 0 saturated carbocycles. The van der Waals surface area contributed by atoms with Crippen LogP contribution in [0, 0.1) is 0 Å². The second-order valence-corrected chi connectivity index (χ2v) is 18.8. The number of ether oxygens (including phenoxy) is 3. The van der Waals surface area contributed by atoms with Gasteiger partial charge in [-0.05, 0) is 42.4 Å². The van der Waals surface area contributed by atoms with Gasteiger partial charge in [-0.15, -0.1) is 0 Å². The normalized spacial score (nSPS) is 17.3. The van der Waals surface area contributed by atoms with E-state index >= 15 is 0 Å². The van der Waals surface area contributed by atoms with Crippen molar-refractivity contribution in [2.24, 2.45) is 0 Å². The van der Waals surface area contributed by atoms with E-state index in [0.717, 1.165) is 0 Å². The minimum atomic E-state index is -3.89. The SMILES string of the molecule is CC(C)(C)[Si](C)(C)OCCN1CCOCCOCCOc2ccccc2NC(=O)c2nc(cnc2N)-c2ccc(cc2)S1(=O)=O. The summed E-state index contributed by atoms with van der Waals surface area (Å²) in [5.41, 5.74) is 7.32. The Balaban J connectivity index is 1.61. The molecule has 244 valence electrons. The first-order chi connectivity index (χ1) is 21.3. The van der Waals surface area contributed by atoms with Gasteiger partial charge in [-0.3, -0.25) is 4.79 Å². The maximum atomic E-state index is 13.8. The van der Waals surface area contributed by atoms with E-state index in [1.807, 2.05) is 0 Å². The second kappa shape index (κ2) is 14.8. The van der Waals surface area contributed by atoms with Crippen LogP contribution in [0.1, 0.15) is 31.3 Å². The molecule has 3 N–H and O–H groups in total. The van der Waals surface area contributed by atoms with Gasteiger partial charge in [0.2, 0.25) is 10.0 Å². The van der Waals surface area contributed by atoms with Crippen molar-refractivity contribution in [1.29, 1.82) is 0 Å². The number of nitrogens with zero attached hydrogens (tertiary/aromatic N) is 3. The highest BCUT2D eigenvalue weighted by atomic mass is 32.2. The predicted molar refractivity (Wildman–Crippen MR) is 175 cm³/mol. The first-order valence-corrected chi connectivity index (χ1v) is 19.2. The van der Waals surface area contributed by atoms with Crippen molar-refractivity contribution in [3.63, 3.8) is 0 Å². The van der Waals surface area contributed by atoms with Crippen LogP contribution in [0.25, 0.3) is 11.3 Å². The second-order valence-electron chi connectivity index (χ2n) is 12.0. The van der Waals surface area contributed by atoms with Crippen LogP contribution in [0.3, 0.4) is 0 Å². The molecule has 3 heterocycles. The van der Waals surface area contributed by atoms with E-state index < -0.39 is 24.2 Å². The lowest BCUT2D eigenvalue weighted by Gasteiger charge is -2.36. The minimum absolute atomic E-state index is 0.00573. The molecule has 5 rings (SSSR count). The van der Waals surface area contributed by atoms with Gasteiger partial charge in [0.15, 0.2) is 19.8 Å². The molecule has 45 heavy (non-hydrogen) atoms. The number of fused-ring (bicyclic) bond motifs is 13. The fourth-order valence-electron chi connectivity index (χ4n) is 4.20. The van der Waals surface area contributed by atoms with Crippen molar-refractivity contribution in [3.05, 3.63) is 60.4 Å². The lowest BCUT2D eigenvalue weighted by atomic mass is 10.1. The van der Waals surface area contributed by atoms with Crippen molar-refractivity contribution in [2.75, 3.05) is 63.8 Å². The Hall–Kier alpha value is -3.40. The van der Waals surface area contributed by atoms with Gasteiger partial charge in [0, 0.05) is 25.3 Å². The van der Waals surface area contributed by atoms with E-state index in [2.05, 4.69) is 49.1 Å². The molecule has 4 bridgehead atoms. The summed E-state index contributed by atoms with van der Waals surface area (Å²) in [6.45, 7) is 12.6. The number of nitrogens with one attached hydrogen (secondary N) is 1. The molecule has 0 fully saturated rings. The molecule has 12 nitrogen and oxygen atoms in total. The van der Waals surface area contributed by atoms with Crippen LogP contribution in [-0.2, 0) is 23.9 Å². The number of nitrogens with two attached hydrogens (primary N) is 1. The zero-order valence-corrected chi connectivity index (χ0v) is 28.4. The van der Waals surface area contributed by atoms with Crippen LogP contribution in [0.2, 0.25) is 18.1 Å². The molecule has 2 aliphatic rings. The Kier molecular flexibility index (Phi) is 11.3. The summed E-state index contributed by atoms with van der Waals surface area (Å²) in [6.07, 6.45) is 1.44. The molecule has 14 heteroatoms. The van der Waals surface area contributed by atoms with Crippen LogP contribution >= 0.6 is 0 Å². The summed E-state index contributed by atoms with van der Waals surface area (Å²) >= 11 is 0. The summed E-state index contributed by atoms with van der Waals surface area (Å²) in [7, 11) is -5.97. The molecule has 1 amide bonds. The van der Waals surface area contributed by atoms with Crippen LogP contribution in [-0.4, -0.2) is 89.6 Å². The van der Waals surface area contributed by atoms with Crippen molar-refractivity contribution in [1.82, 2.24) is 14.3 Å². The van der Waals surface area contributed by atoms with E-state index in [9.17, 15) is 13.2 Å². The summed E-state index contributed by atoms with van der Waals surface area (Å²) in [6, 6.07) is 13.3. The van der Waals surface area contributed by atoms with E-state index in [4.69, 9.17) is 24.4 Å². The van der Waals surface area contributed by atoms with Gasteiger partial charge >= 0.3 is 0 Å². The number of anilines is 2. The highest BCUT2D eigenvalue weighted by molar-refractivity contribution is 7.89. The minimum Gasteiger partial charge on any atom is -0.489 e. The first kappa shape index (κ1) is 34.5. The van der Waals surface area contributed by atoms with Crippen molar-refractivity contribution in [2.45, 2.75) is 43.8 Å². The number of carbonyl (C=O) groups is 1. The number of aromatic nitrogens is 2. The number of hydrogen-bond donors (Lipinski definition) is 2. The monoisotopic (exact) mass is 657 g/mol. The summed E-state index contributed by atoms with van der Waals surface area (Å²) in [4.78, 5) is 21.9. The number of amides is 1. The molecule has 0 saturated heterocycles. The average Bonchev–Trinajstić information content (AvgIpc) is 2.99. The van der Waals surface area contributed by atoms with Crippen molar-refractivity contribution in [3.8, 4) is 17.0 Å². The van der Waals surface area contributed by atoms with Crippen LogP contribution in [0.4, 0.5) is 11.5 Å². The van der Waals surface area contributed by atoms with Crippen LogP contribution < -0.4 is 15.8 Å². The molecule has 3 aromatic rings. The third-order valence-corrected chi connectivity index (χ3v) is 14.3. The van der Waals surface area contributed by atoms with Gasteiger partial charge in [-0.25, -0.2) is 18.4 Å². The topological polar surface area (TPSA) is 155 Å². The molecule has 2 aliphatic heterocycles. The van der Waals surface area contributed by atoms with E-state index in [-0.39, 0.29) is 67.6 Å². The molecule has 0 radical (unpaired) electrons. The van der Waals surface area contributed by atoms with Crippen molar-refractivity contribution < 1.29 is 31.8 Å². The largest absolute Gasteiger partial charge is 0.489 e. The number of sulfonamides is 1. The van der Waals surface area contributed by atoms with E-state index in [0.29, 0.717) is 29.3 Å². The van der Waals surface area contributed by atoms with Gasteiger partial charge in [0.1, 0.15) is 12.4 Å². The smallest absolute Gasteiger partial charge is 0.278 e. The Morgan fingerprint density at radius 3 is 2.38 bits per heavy atom. The highest BCUT2D eigenvalue weighted by Gasteiger charge is 2.37. The Morgan fingerprint density at radius 1 is 1.00 bits per heavy atom. The standard InChI is InChI=1S/C31H43N5O7SSi/c1-31(2,3)45(4,5)43-17-15-36-14-16-40-18-19-41-20-21-42-27-9-7-6-8-25(27)35-30(37)28-29(32)33-22-26(34-28)23-10-12-24(13-11-23)44(36,38)39/h6-13,22H,14-21H2,1-5H3,(H2,32,33)(H,35,37). The number of benzene rings is 2. The average molecular weight is 658 g/mol. The third kappa shape index (κ3) is 8.86. The number of nitrogen functional groups attached to an aromatic ring is 1. The van der Waals surface area contributed by atoms with E-state index in [1.165, 1.54) is 22.6 Å².